The largest absolute Gasteiger partial charge is 0.507 e. The maximum Gasteiger partial charge on any atom is 0.416 e. The normalized spacial score (nSPS) is 17.1. The molecule has 5 nitrogen and oxygen atoms in total. The van der Waals surface area contributed by atoms with Gasteiger partial charge in [-0.25, -0.2) is 9.69 Å². The first kappa shape index (κ1) is 30.3. The number of hydrogen-bond donors (Lipinski definition) is 1. The first-order valence-corrected chi connectivity index (χ1v) is 14.3. The molecule has 0 aromatic heterocycles. The van der Waals surface area contributed by atoms with E-state index in [4.69, 9.17) is 9.47 Å². The van der Waals surface area contributed by atoms with Crippen molar-refractivity contribution < 1.29 is 19.4 Å². The van der Waals surface area contributed by atoms with Crippen molar-refractivity contribution >= 4 is 11.8 Å². The number of rotatable bonds is 12. The van der Waals surface area contributed by atoms with Crippen LogP contribution in [-0.2, 0) is 10.2 Å². The summed E-state index contributed by atoms with van der Waals surface area (Å²) in [6.45, 7) is 15.0. The molecule has 0 bridgehead atoms. The first-order valence-electron chi connectivity index (χ1n) is 14.3. The molecule has 1 aliphatic rings. The van der Waals surface area contributed by atoms with Crippen LogP contribution < -0.4 is 9.64 Å². The van der Waals surface area contributed by atoms with Crippen molar-refractivity contribution in [3.63, 3.8) is 0 Å². The van der Waals surface area contributed by atoms with Crippen LogP contribution in [0.25, 0.3) is 0 Å². The molecule has 5 heteroatoms. The number of benzene rings is 2. The molecular formula is C34H47NO4. The van der Waals surface area contributed by atoms with Gasteiger partial charge < -0.3 is 14.6 Å². The number of unbranched alkanes of at least 4 members (excludes halogenated alkanes) is 3. The summed E-state index contributed by atoms with van der Waals surface area (Å²) in [4.78, 5) is 14.2. The molecule has 0 unspecified atom stereocenters. The molecule has 2 aromatic rings. The number of hydrogen-bond acceptors (Lipinski definition) is 4. The van der Waals surface area contributed by atoms with E-state index in [1.165, 1.54) is 31.3 Å². The quantitative estimate of drug-likeness (QED) is 0.168. The van der Waals surface area contributed by atoms with Gasteiger partial charge >= 0.3 is 6.09 Å². The van der Waals surface area contributed by atoms with E-state index in [0.29, 0.717) is 11.4 Å². The smallest absolute Gasteiger partial charge is 0.416 e. The zero-order chi connectivity index (χ0) is 28.6. The standard InChI is InChI=1S/C34H47NO4/c1-8-9-10-16-21-34(5,6)29-22-30(39-23-35(33(37)38-7)26-17-12-11-13-18-26)31(32(36)25(29)4)28-20-15-14-19-27(28)24(2)3/h11-13,15,17-18,20,22,27-28,36H,2,8-10,14,16,19,21,23H2,1,3-7H3/t27-,28+/m0/s1. The van der Waals surface area contributed by atoms with Gasteiger partial charge in [-0.3, -0.25) is 0 Å². The van der Waals surface area contributed by atoms with E-state index < -0.39 is 6.09 Å². The number of ether oxygens (including phenoxy) is 2. The molecule has 0 fully saturated rings. The van der Waals surface area contributed by atoms with Crippen LogP contribution in [0.5, 0.6) is 11.5 Å². The number of allylic oxidation sites excluding steroid dienone is 3. The lowest BCUT2D eigenvalue weighted by molar-refractivity contribution is 0.170. The number of para-hydroxylation sites is 1. The van der Waals surface area contributed by atoms with Crippen LogP contribution in [0.3, 0.4) is 0 Å². The highest BCUT2D eigenvalue weighted by Crippen LogP contribution is 2.49. The first-order chi connectivity index (χ1) is 18.6. The van der Waals surface area contributed by atoms with Crippen LogP contribution >= 0.6 is 0 Å². The molecule has 1 aliphatic carbocycles. The summed E-state index contributed by atoms with van der Waals surface area (Å²) in [5, 5.41) is 11.8. The van der Waals surface area contributed by atoms with Crippen molar-refractivity contribution in [1.29, 1.82) is 0 Å². The Morgan fingerprint density at radius 3 is 2.54 bits per heavy atom. The lowest BCUT2D eigenvalue weighted by Crippen LogP contribution is -2.34. The SMILES string of the molecule is C=C(C)[C@@H]1CCC=C[C@H]1c1c(OCN(C(=O)OC)c2ccccc2)cc(C(C)(C)CCCCCC)c(C)c1O. The van der Waals surface area contributed by atoms with E-state index in [1.807, 2.05) is 37.3 Å². The fourth-order valence-electron chi connectivity index (χ4n) is 5.80. The number of methoxy groups -OCH3 is 1. The molecule has 0 spiro atoms. The molecule has 0 saturated carbocycles. The highest BCUT2D eigenvalue weighted by molar-refractivity contribution is 5.87. The second-order valence-corrected chi connectivity index (χ2v) is 11.5. The minimum atomic E-state index is -0.507. The highest BCUT2D eigenvalue weighted by Gasteiger charge is 2.33. The second-order valence-electron chi connectivity index (χ2n) is 11.5. The Kier molecular flexibility index (Phi) is 10.7. The number of carbonyl (C=O) groups is 1. The van der Waals surface area contributed by atoms with Crippen LogP contribution in [-0.4, -0.2) is 25.0 Å². The zero-order valence-electron chi connectivity index (χ0n) is 24.8. The van der Waals surface area contributed by atoms with Gasteiger partial charge in [0.05, 0.1) is 12.8 Å². The van der Waals surface area contributed by atoms with Crippen LogP contribution in [0.4, 0.5) is 10.5 Å². The summed E-state index contributed by atoms with van der Waals surface area (Å²) in [5.74, 6) is 1.01. The maximum absolute atomic E-state index is 12.7. The second kappa shape index (κ2) is 13.7. The van der Waals surface area contributed by atoms with Gasteiger partial charge in [0.25, 0.3) is 0 Å². The van der Waals surface area contributed by atoms with Gasteiger partial charge in [-0.15, -0.1) is 0 Å². The third-order valence-corrected chi connectivity index (χ3v) is 8.14. The van der Waals surface area contributed by atoms with E-state index in [1.54, 1.807) is 0 Å². The van der Waals surface area contributed by atoms with Crippen molar-refractivity contribution in [2.45, 2.75) is 90.9 Å². The molecule has 1 N–H and O–H groups in total. The number of anilines is 1. The van der Waals surface area contributed by atoms with Crippen LogP contribution in [0, 0.1) is 12.8 Å². The molecule has 2 aromatic carbocycles. The number of aromatic hydroxyl groups is 1. The summed E-state index contributed by atoms with van der Waals surface area (Å²) in [6.07, 6.45) is 11.6. The summed E-state index contributed by atoms with van der Waals surface area (Å²) in [6, 6.07) is 11.4. The van der Waals surface area contributed by atoms with E-state index >= 15 is 0 Å². The number of nitrogens with zero attached hydrogens (tertiary/aromatic N) is 1. The van der Waals surface area contributed by atoms with Crippen LogP contribution in [0.1, 0.15) is 95.2 Å². The molecule has 39 heavy (non-hydrogen) atoms. The Morgan fingerprint density at radius 2 is 1.90 bits per heavy atom. The summed E-state index contributed by atoms with van der Waals surface area (Å²) < 4.78 is 11.5. The summed E-state index contributed by atoms with van der Waals surface area (Å²) in [5.41, 5.74) is 4.35. The Bertz CT molecular complexity index is 1150. The third kappa shape index (κ3) is 7.26. The molecule has 2 atom stereocenters. The molecule has 1 amide bonds. The molecule has 0 radical (unpaired) electrons. The average Bonchev–Trinajstić information content (AvgIpc) is 2.93. The monoisotopic (exact) mass is 533 g/mol. The van der Waals surface area contributed by atoms with Crippen molar-refractivity contribution in [1.82, 2.24) is 0 Å². The predicted molar refractivity (Wildman–Crippen MR) is 161 cm³/mol. The molecule has 3 rings (SSSR count). The van der Waals surface area contributed by atoms with Crippen molar-refractivity contribution in [3.05, 3.63) is 77.4 Å². The fraction of sp³-hybridized carbons (Fsp3) is 0.500. The Labute approximate surface area is 235 Å². The van der Waals surface area contributed by atoms with Crippen LogP contribution in [0.2, 0.25) is 0 Å². The molecular weight excluding hydrogens is 486 g/mol. The summed E-state index contributed by atoms with van der Waals surface area (Å²) in [7, 11) is 1.37. The lowest BCUT2D eigenvalue weighted by atomic mass is 9.72. The highest BCUT2D eigenvalue weighted by atomic mass is 16.6. The van der Waals surface area contributed by atoms with E-state index in [9.17, 15) is 9.90 Å². The van der Waals surface area contributed by atoms with Crippen molar-refractivity contribution in [3.8, 4) is 11.5 Å². The van der Waals surface area contributed by atoms with Gasteiger partial charge in [0.2, 0.25) is 0 Å². The fourth-order valence-corrected chi connectivity index (χ4v) is 5.80. The molecule has 0 saturated heterocycles. The zero-order valence-corrected chi connectivity index (χ0v) is 24.8. The van der Waals surface area contributed by atoms with Gasteiger partial charge in [0, 0.05) is 11.5 Å². The molecule has 212 valence electrons. The number of carbonyl (C=O) groups excluding carboxylic acids is 1. The average molecular weight is 534 g/mol. The van der Waals surface area contributed by atoms with Crippen molar-refractivity contribution in [2.75, 3.05) is 18.7 Å². The topological polar surface area (TPSA) is 59.0 Å². The van der Waals surface area contributed by atoms with Crippen molar-refractivity contribution in [2.24, 2.45) is 5.92 Å². The maximum atomic E-state index is 12.7. The number of phenolic OH excluding ortho intramolecular Hbond substituents is 1. The summed E-state index contributed by atoms with van der Waals surface area (Å²) >= 11 is 0. The van der Waals surface area contributed by atoms with Gasteiger partial charge in [0.15, 0.2) is 6.73 Å². The molecule has 0 aliphatic heterocycles. The third-order valence-electron chi connectivity index (χ3n) is 8.14. The Balaban J connectivity index is 2.09. The predicted octanol–water partition coefficient (Wildman–Crippen LogP) is 9.18. The Hall–Kier alpha value is -3.21. The van der Waals surface area contributed by atoms with E-state index in [0.717, 1.165) is 47.9 Å². The lowest BCUT2D eigenvalue weighted by Gasteiger charge is -2.34. The van der Waals surface area contributed by atoms with Gasteiger partial charge in [-0.2, -0.15) is 0 Å². The van der Waals surface area contributed by atoms with E-state index in [2.05, 4.69) is 52.5 Å². The number of amides is 1. The van der Waals surface area contributed by atoms with Crippen LogP contribution in [0.15, 0.2) is 60.7 Å². The minimum absolute atomic E-state index is 0.0449. The van der Waals surface area contributed by atoms with Gasteiger partial charge in [-0.1, -0.05) is 89.0 Å². The van der Waals surface area contributed by atoms with E-state index in [-0.39, 0.29) is 29.7 Å². The number of phenols is 1. The van der Waals surface area contributed by atoms with Gasteiger partial charge in [-0.05, 0) is 73.8 Å². The Morgan fingerprint density at radius 1 is 1.18 bits per heavy atom. The molecule has 0 heterocycles. The van der Waals surface area contributed by atoms with Gasteiger partial charge in [0.1, 0.15) is 11.5 Å². The minimum Gasteiger partial charge on any atom is -0.507 e.